The van der Waals surface area contributed by atoms with E-state index in [-0.39, 0.29) is 65.8 Å². The Bertz CT molecular complexity index is 1920. The smallest absolute Gasteiger partial charge is 0.319 e. The molecule has 4 fully saturated rings. The van der Waals surface area contributed by atoms with Crippen molar-refractivity contribution in [1.82, 2.24) is 19.8 Å². The molecule has 232 valence electrons. The second-order valence-corrected chi connectivity index (χ2v) is 14.1. The molecule has 2 unspecified atom stereocenters. The molecule has 13 heteroatoms. The quantitative estimate of drug-likeness (QED) is 0.270. The highest BCUT2D eigenvalue weighted by molar-refractivity contribution is 7.23. The number of rotatable bonds is 6. The third-order valence-electron chi connectivity index (χ3n) is 10.3. The van der Waals surface area contributed by atoms with Crippen molar-refractivity contribution < 1.29 is 18.3 Å². The van der Waals surface area contributed by atoms with E-state index in [1.54, 1.807) is 11.0 Å². The number of hydrogen-bond acceptors (Lipinski definition) is 9. The average Bonchev–Trinajstić information content (AvgIpc) is 3.83. The first-order valence-corrected chi connectivity index (χ1v) is 16.5. The third kappa shape index (κ3) is 4.35. The van der Waals surface area contributed by atoms with Crippen LogP contribution in [0.2, 0.25) is 5.02 Å². The lowest BCUT2D eigenvalue weighted by Gasteiger charge is -2.31. The molecular formula is C32H30ClF2N7O2S. The summed E-state index contributed by atoms with van der Waals surface area (Å²) in [7, 11) is 0. The Morgan fingerprint density at radius 2 is 2.00 bits per heavy atom. The van der Waals surface area contributed by atoms with Crippen LogP contribution in [0.3, 0.4) is 0 Å². The lowest BCUT2D eigenvalue weighted by molar-refractivity contribution is -0.117. The lowest BCUT2D eigenvalue weighted by Crippen LogP contribution is -2.43. The predicted octanol–water partition coefficient (Wildman–Crippen LogP) is 5.57. The number of thiophene rings is 1. The van der Waals surface area contributed by atoms with Gasteiger partial charge in [-0.2, -0.15) is 15.2 Å². The van der Waals surface area contributed by atoms with Crippen LogP contribution in [0.15, 0.2) is 18.2 Å². The van der Waals surface area contributed by atoms with Crippen molar-refractivity contribution in [2.45, 2.75) is 43.7 Å². The number of hydrogen-bond donors (Lipinski definition) is 1. The summed E-state index contributed by atoms with van der Waals surface area (Å²) in [5.41, 5.74) is 6.36. The van der Waals surface area contributed by atoms with E-state index >= 15 is 4.39 Å². The topological polar surface area (TPSA) is 112 Å². The van der Waals surface area contributed by atoms with Crippen molar-refractivity contribution in [3.05, 3.63) is 40.4 Å². The van der Waals surface area contributed by atoms with Crippen LogP contribution < -0.4 is 15.4 Å². The van der Waals surface area contributed by atoms with E-state index in [9.17, 15) is 14.4 Å². The molecule has 0 spiro atoms. The van der Waals surface area contributed by atoms with Gasteiger partial charge in [-0.1, -0.05) is 17.7 Å². The second kappa shape index (κ2) is 10.6. The molecule has 0 aliphatic carbocycles. The summed E-state index contributed by atoms with van der Waals surface area (Å²) in [6, 6.07) is 6.43. The lowest BCUT2D eigenvalue weighted by atomic mass is 9.95. The van der Waals surface area contributed by atoms with E-state index in [4.69, 9.17) is 27.1 Å². The number of anilines is 2. The Morgan fingerprint density at radius 3 is 2.76 bits per heavy atom. The molecule has 2 aromatic carbocycles. The predicted molar refractivity (Wildman–Crippen MR) is 170 cm³/mol. The number of ether oxygens (including phenoxy) is 1. The Morgan fingerprint density at radius 1 is 1.20 bits per heavy atom. The van der Waals surface area contributed by atoms with Gasteiger partial charge in [-0.05, 0) is 62.9 Å². The number of carbonyl (C=O) groups excluding carboxylic acids is 1. The maximum atomic E-state index is 17.0. The molecule has 0 saturated carbocycles. The van der Waals surface area contributed by atoms with Crippen LogP contribution >= 0.6 is 22.9 Å². The highest BCUT2D eigenvalue weighted by Gasteiger charge is 2.46. The van der Waals surface area contributed by atoms with Gasteiger partial charge < -0.3 is 20.3 Å². The number of nitrogens with zero attached hydrogens (tertiary/aromatic N) is 6. The third-order valence-corrected chi connectivity index (χ3v) is 11.6. The summed E-state index contributed by atoms with van der Waals surface area (Å²) in [4.78, 5) is 27.5. The van der Waals surface area contributed by atoms with Crippen molar-refractivity contribution in [1.29, 1.82) is 5.26 Å². The van der Waals surface area contributed by atoms with E-state index in [0.717, 1.165) is 62.9 Å². The minimum Gasteiger partial charge on any atom is -0.461 e. The molecule has 0 bridgehead atoms. The molecule has 6 heterocycles. The van der Waals surface area contributed by atoms with E-state index in [0.29, 0.717) is 37.4 Å². The van der Waals surface area contributed by atoms with Crippen molar-refractivity contribution in [2.75, 3.05) is 50.0 Å². The number of nitrogen functional groups attached to an aromatic ring is 1. The van der Waals surface area contributed by atoms with Crippen molar-refractivity contribution in [3.8, 4) is 23.2 Å². The maximum absolute atomic E-state index is 17.0. The summed E-state index contributed by atoms with van der Waals surface area (Å²) >= 11 is 7.80. The van der Waals surface area contributed by atoms with E-state index in [2.05, 4.69) is 14.8 Å². The molecule has 4 saturated heterocycles. The van der Waals surface area contributed by atoms with Gasteiger partial charge in [-0.3, -0.25) is 9.69 Å². The molecule has 2 N–H and O–H groups in total. The zero-order valence-corrected chi connectivity index (χ0v) is 25.9. The molecule has 4 aliphatic heterocycles. The zero-order chi connectivity index (χ0) is 31.0. The maximum Gasteiger partial charge on any atom is 0.319 e. The van der Waals surface area contributed by atoms with Crippen LogP contribution in [-0.2, 0) is 4.79 Å². The summed E-state index contributed by atoms with van der Waals surface area (Å²) in [5.74, 6) is -0.488. The van der Waals surface area contributed by atoms with E-state index in [1.807, 2.05) is 6.07 Å². The van der Waals surface area contributed by atoms with Crippen LogP contribution in [-0.4, -0.2) is 77.1 Å². The SMILES string of the molecule is N#Cc1c(N)sc2c(F)ccc(-c3c(Cl)cc4c(N5CCC6CN(C=O)CC65)nc(OCC56CCCN5CCC6)nc4c3F)c12. The van der Waals surface area contributed by atoms with Gasteiger partial charge >= 0.3 is 6.01 Å². The Kier molecular flexibility index (Phi) is 6.78. The molecular weight excluding hydrogens is 620 g/mol. The highest BCUT2D eigenvalue weighted by Crippen LogP contribution is 2.47. The molecule has 4 aromatic rings. The summed E-state index contributed by atoms with van der Waals surface area (Å²) < 4.78 is 38.3. The van der Waals surface area contributed by atoms with Gasteiger partial charge in [0.25, 0.3) is 0 Å². The van der Waals surface area contributed by atoms with Crippen molar-refractivity contribution in [3.63, 3.8) is 0 Å². The van der Waals surface area contributed by atoms with Crippen LogP contribution in [0.1, 0.15) is 37.7 Å². The van der Waals surface area contributed by atoms with Gasteiger partial charge in [0, 0.05) is 41.9 Å². The van der Waals surface area contributed by atoms with Crippen LogP contribution in [0.4, 0.5) is 19.6 Å². The second-order valence-electron chi connectivity index (χ2n) is 12.6. The van der Waals surface area contributed by atoms with Crippen LogP contribution in [0, 0.1) is 28.9 Å². The Hall–Kier alpha value is -3.79. The number of carbonyl (C=O) groups is 1. The number of amides is 1. The highest BCUT2D eigenvalue weighted by atomic mass is 35.5. The van der Waals surface area contributed by atoms with Gasteiger partial charge in [0.15, 0.2) is 5.82 Å². The van der Waals surface area contributed by atoms with Gasteiger partial charge in [0.2, 0.25) is 6.41 Å². The van der Waals surface area contributed by atoms with Crippen LogP contribution in [0.25, 0.3) is 32.1 Å². The number of nitriles is 1. The van der Waals surface area contributed by atoms with Crippen molar-refractivity contribution >= 4 is 61.2 Å². The van der Waals surface area contributed by atoms with Gasteiger partial charge in [-0.25, -0.2) is 8.78 Å². The number of aromatic nitrogens is 2. The molecule has 45 heavy (non-hydrogen) atoms. The fourth-order valence-corrected chi connectivity index (χ4v) is 9.45. The minimum absolute atomic E-state index is 0.00252. The Labute approximate surface area is 267 Å². The van der Waals surface area contributed by atoms with Gasteiger partial charge in [0.05, 0.1) is 26.9 Å². The van der Waals surface area contributed by atoms with E-state index < -0.39 is 11.6 Å². The fourth-order valence-electron chi connectivity index (χ4n) is 8.20. The molecule has 2 aromatic heterocycles. The summed E-state index contributed by atoms with van der Waals surface area (Å²) in [6.45, 7) is 4.38. The van der Waals surface area contributed by atoms with Crippen molar-refractivity contribution in [2.24, 2.45) is 5.92 Å². The molecule has 4 aliphatic rings. The van der Waals surface area contributed by atoms with E-state index in [1.165, 1.54) is 12.1 Å². The number of nitrogens with two attached hydrogens (primary N) is 1. The molecule has 9 nitrogen and oxygen atoms in total. The number of fused-ring (bicyclic) bond motifs is 4. The largest absolute Gasteiger partial charge is 0.461 e. The molecule has 2 atom stereocenters. The standard InChI is InChI=1S/C32H30ClF2N7O2S/c33-21-11-19-27(26(35)25(21)18-3-4-22(34)28-24(18)20(12-36)29(37)45-28)38-31(44-15-32-6-1-8-41(32)9-2-7-32)39-30(19)42-10-5-17-13-40(16-43)14-23(17)42/h3-4,11,16-17,23H,1-2,5-10,13-15,37H2. The van der Waals surface area contributed by atoms with Gasteiger partial charge in [0.1, 0.15) is 34.8 Å². The summed E-state index contributed by atoms with van der Waals surface area (Å²) in [5, 5.41) is 10.7. The molecule has 0 radical (unpaired) electrons. The summed E-state index contributed by atoms with van der Waals surface area (Å²) in [6.07, 6.45) is 6.02. The fraction of sp³-hybridized carbons (Fsp3) is 0.438. The number of likely N-dealkylation sites (tertiary alicyclic amines) is 1. The molecule has 1 amide bonds. The average molecular weight is 650 g/mol. The number of benzene rings is 2. The first-order valence-electron chi connectivity index (χ1n) is 15.3. The first-order chi connectivity index (χ1) is 21.8. The minimum atomic E-state index is -0.717. The Balaban J connectivity index is 1.30. The number of halogens is 3. The zero-order valence-electron chi connectivity index (χ0n) is 24.4. The molecule has 8 rings (SSSR count). The normalized spacial score (nSPS) is 22.4. The van der Waals surface area contributed by atoms with Crippen LogP contribution in [0.5, 0.6) is 6.01 Å². The van der Waals surface area contributed by atoms with Gasteiger partial charge in [-0.15, -0.1) is 11.3 Å². The first kappa shape index (κ1) is 28.7. The monoisotopic (exact) mass is 649 g/mol.